The van der Waals surface area contributed by atoms with Crippen molar-refractivity contribution >= 4 is 16.6 Å². The molecule has 0 aliphatic carbocycles. The van der Waals surface area contributed by atoms with E-state index in [1.54, 1.807) is 18.3 Å². The average Bonchev–Trinajstić information content (AvgIpc) is 2.83. The monoisotopic (exact) mass is 228 g/mol. The summed E-state index contributed by atoms with van der Waals surface area (Å²) in [4.78, 5) is 3.16. The molecule has 17 heavy (non-hydrogen) atoms. The SMILES string of the molecule is Cc1[nH]c2c(O)cccc2c1-c1[nH]ncc1N. The number of aromatic hydroxyl groups is 1. The third kappa shape index (κ3) is 1.29. The summed E-state index contributed by atoms with van der Waals surface area (Å²) in [6.45, 7) is 1.94. The van der Waals surface area contributed by atoms with Gasteiger partial charge in [-0.3, -0.25) is 5.10 Å². The lowest BCUT2D eigenvalue weighted by atomic mass is 10.1. The van der Waals surface area contributed by atoms with Crippen LogP contribution in [0.15, 0.2) is 24.4 Å². The molecule has 0 saturated heterocycles. The van der Waals surface area contributed by atoms with Crippen molar-refractivity contribution in [2.24, 2.45) is 0 Å². The highest BCUT2D eigenvalue weighted by molar-refractivity contribution is 6.01. The molecule has 3 aromatic rings. The lowest BCUT2D eigenvalue weighted by Gasteiger charge is -1.99. The summed E-state index contributed by atoms with van der Waals surface area (Å²) in [6.07, 6.45) is 1.58. The molecule has 0 amide bonds. The minimum atomic E-state index is 0.231. The first-order valence-electron chi connectivity index (χ1n) is 5.28. The van der Waals surface area contributed by atoms with Crippen LogP contribution in [-0.4, -0.2) is 20.3 Å². The van der Waals surface area contributed by atoms with Crippen molar-refractivity contribution in [3.8, 4) is 17.0 Å². The zero-order valence-corrected chi connectivity index (χ0v) is 9.28. The lowest BCUT2D eigenvalue weighted by molar-refractivity contribution is 0.480. The number of para-hydroxylation sites is 1. The molecular formula is C12H12N4O. The molecule has 0 radical (unpaired) electrons. The standard InChI is InChI=1S/C12H12N4O/c1-6-10(12-8(13)5-14-16-12)7-3-2-4-9(17)11(7)15-6/h2-5,15,17H,13H2,1H3,(H,14,16). The second-order valence-corrected chi connectivity index (χ2v) is 4.03. The molecule has 0 unspecified atom stereocenters. The lowest BCUT2D eigenvalue weighted by Crippen LogP contribution is -1.87. The van der Waals surface area contributed by atoms with Crippen molar-refractivity contribution in [3.05, 3.63) is 30.1 Å². The number of anilines is 1. The maximum atomic E-state index is 9.79. The summed E-state index contributed by atoms with van der Waals surface area (Å²) in [7, 11) is 0. The Bertz CT molecular complexity index is 696. The quantitative estimate of drug-likeness (QED) is 0.514. The molecule has 0 atom stereocenters. The Hall–Kier alpha value is -2.43. The molecule has 0 aliphatic rings. The second kappa shape index (κ2) is 3.28. The van der Waals surface area contributed by atoms with Crippen molar-refractivity contribution < 1.29 is 5.11 Å². The van der Waals surface area contributed by atoms with Crippen molar-refractivity contribution in [2.45, 2.75) is 6.92 Å². The van der Waals surface area contributed by atoms with Crippen molar-refractivity contribution in [1.82, 2.24) is 15.2 Å². The molecule has 2 heterocycles. The van der Waals surface area contributed by atoms with Crippen LogP contribution in [0.4, 0.5) is 5.69 Å². The normalized spacial score (nSPS) is 11.1. The van der Waals surface area contributed by atoms with E-state index in [0.717, 1.165) is 22.3 Å². The number of rotatable bonds is 1. The van der Waals surface area contributed by atoms with E-state index in [2.05, 4.69) is 15.2 Å². The Morgan fingerprint density at radius 3 is 2.88 bits per heavy atom. The second-order valence-electron chi connectivity index (χ2n) is 4.03. The van der Waals surface area contributed by atoms with Crippen LogP contribution in [0.25, 0.3) is 22.2 Å². The molecule has 5 N–H and O–H groups in total. The van der Waals surface area contributed by atoms with Crippen LogP contribution in [0.5, 0.6) is 5.75 Å². The number of phenolic OH excluding ortho intramolecular Hbond substituents is 1. The Morgan fingerprint density at radius 2 is 2.18 bits per heavy atom. The Kier molecular flexibility index (Phi) is 1.89. The zero-order chi connectivity index (χ0) is 12.0. The van der Waals surface area contributed by atoms with E-state index in [1.165, 1.54) is 0 Å². The van der Waals surface area contributed by atoms with Crippen LogP contribution in [0.3, 0.4) is 0 Å². The fourth-order valence-electron chi connectivity index (χ4n) is 2.15. The zero-order valence-electron chi connectivity index (χ0n) is 9.28. The number of fused-ring (bicyclic) bond motifs is 1. The molecular weight excluding hydrogens is 216 g/mol. The van der Waals surface area contributed by atoms with Gasteiger partial charge in [0.1, 0.15) is 5.75 Å². The fraction of sp³-hybridized carbons (Fsp3) is 0.0833. The van der Waals surface area contributed by atoms with Crippen LogP contribution < -0.4 is 5.73 Å². The van der Waals surface area contributed by atoms with E-state index in [-0.39, 0.29) is 5.75 Å². The highest BCUT2D eigenvalue weighted by atomic mass is 16.3. The van der Waals surface area contributed by atoms with E-state index in [0.29, 0.717) is 11.2 Å². The van der Waals surface area contributed by atoms with Gasteiger partial charge in [0, 0.05) is 16.6 Å². The summed E-state index contributed by atoms with van der Waals surface area (Å²) in [6, 6.07) is 5.40. The Labute approximate surface area is 97.3 Å². The summed E-state index contributed by atoms with van der Waals surface area (Å²) in [5.74, 6) is 0.231. The molecule has 0 aliphatic heterocycles. The highest BCUT2D eigenvalue weighted by Gasteiger charge is 2.15. The first-order valence-corrected chi connectivity index (χ1v) is 5.28. The number of aromatic amines is 2. The largest absolute Gasteiger partial charge is 0.506 e. The molecule has 2 aromatic heterocycles. The van der Waals surface area contributed by atoms with Gasteiger partial charge in [0.05, 0.1) is 23.1 Å². The number of hydrogen-bond acceptors (Lipinski definition) is 3. The van der Waals surface area contributed by atoms with Gasteiger partial charge in [0.25, 0.3) is 0 Å². The molecule has 0 bridgehead atoms. The number of nitrogens with zero attached hydrogens (tertiary/aromatic N) is 1. The number of nitrogen functional groups attached to an aromatic ring is 1. The Morgan fingerprint density at radius 1 is 1.35 bits per heavy atom. The van der Waals surface area contributed by atoms with Gasteiger partial charge in [-0.25, -0.2) is 0 Å². The van der Waals surface area contributed by atoms with Crippen molar-refractivity contribution in [3.63, 3.8) is 0 Å². The molecule has 86 valence electrons. The summed E-state index contributed by atoms with van der Waals surface area (Å²) in [5, 5.41) is 17.5. The minimum Gasteiger partial charge on any atom is -0.506 e. The van der Waals surface area contributed by atoms with Gasteiger partial charge >= 0.3 is 0 Å². The van der Waals surface area contributed by atoms with E-state index < -0.39 is 0 Å². The molecule has 5 nitrogen and oxygen atoms in total. The van der Waals surface area contributed by atoms with Gasteiger partial charge in [-0.05, 0) is 13.0 Å². The Balaban J connectivity index is 2.41. The van der Waals surface area contributed by atoms with Crippen LogP contribution in [-0.2, 0) is 0 Å². The number of aromatic nitrogens is 3. The average molecular weight is 228 g/mol. The van der Waals surface area contributed by atoms with Crippen LogP contribution >= 0.6 is 0 Å². The summed E-state index contributed by atoms with van der Waals surface area (Å²) in [5.41, 5.74) is 9.84. The maximum Gasteiger partial charge on any atom is 0.139 e. The summed E-state index contributed by atoms with van der Waals surface area (Å²) >= 11 is 0. The third-order valence-electron chi connectivity index (χ3n) is 2.92. The van der Waals surface area contributed by atoms with Gasteiger partial charge in [-0.1, -0.05) is 12.1 Å². The van der Waals surface area contributed by atoms with Gasteiger partial charge in [0.15, 0.2) is 0 Å². The van der Waals surface area contributed by atoms with Crippen LogP contribution in [0, 0.1) is 6.92 Å². The summed E-state index contributed by atoms with van der Waals surface area (Å²) < 4.78 is 0. The smallest absolute Gasteiger partial charge is 0.139 e. The van der Waals surface area contributed by atoms with Gasteiger partial charge in [-0.15, -0.1) is 0 Å². The predicted octanol–water partition coefficient (Wildman–Crippen LogP) is 2.15. The molecule has 0 fully saturated rings. The van der Waals surface area contributed by atoms with Crippen LogP contribution in [0.1, 0.15) is 5.69 Å². The van der Waals surface area contributed by atoms with Gasteiger partial charge < -0.3 is 15.8 Å². The molecule has 0 spiro atoms. The molecule has 1 aromatic carbocycles. The van der Waals surface area contributed by atoms with E-state index in [1.807, 2.05) is 13.0 Å². The number of phenols is 1. The number of nitrogens with one attached hydrogen (secondary N) is 2. The first-order chi connectivity index (χ1) is 8.18. The minimum absolute atomic E-state index is 0.231. The topological polar surface area (TPSA) is 90.7 Å². The van der Waals surface area contributed by atoms with Gasteiger partial charge in [0.2, 0.25) is 0 Å². The number of nitrogens with two attached hydrogens (primary N) is 1. The highest BCUT2D eigenvalue weighted by Crippen LogP contribution is 2.36. The fourth-order valence-corrected chi connectivity index (χ4v) is 2.15. The maximum absolute atomic E-state index is 9.79. The van der Waals surface area contributed by atoms with Crippen molar-refractivity contribution in [2.75, 3.05) is 5.73 Å². The molecule has 0 saturated carbocycles. The molecule has 3 rings (SSSR count). The van der Waals surface area contributed by atoms with Crippen molar-refractivity contribution in [1.29, 1.82) is 0 Å². The number of benzene rings is 1. The predicted molar refractivity (Wildman–Crippen MR) is 66.7 cm³/mol. The number of hydrogen-bond donors (Lipinski definition) is 4. The third-order valence-corrected chi connectivity index (χ3v) is 2.92. The van der Waals surface area contributed by atoms with Crippen LogP contribution in [0.2, 0.25) is 0 Å². The van der Waals surface area contributed by atoms with E-state index in [9.17, 15) is 5.11 Å². The van der Waals surface area contributed by atoms with Gasteiger partial charge in [-0.2, -0.15) is 5.10 Å². The first kappa shape index (κ1) is 9.77. The van der Waals surface area contributed by atoms with E-state index in [4.69, 9.17) is 5.73 Å². The van der Waals surface area contributed by atoms with E-state index >= 15 is 0 Å². The number of aryl methyl sites for hydroxylation is 1. The number of H-pyrrole nitrogens is 2. The molecule has 5 heteroatoms.